The molecule has 3 nitrogen and oxygen atoms in total. The topological polar surface area (TPSA) is 46.2 Å². The highest BCUT2D eigenvalue weighted by molar-refractivity contribution is 7.89. The van der Waals surface area contributed by atoms with E-state index in [4.69, 9.17) is 0 Å². The van der Waals surface area contributed by atoms with Crippen molar-refractivity contribution in [2.24, 2.45) is 0 Å². The van der Waals surface area contributed by atoms with Crippen molar-refractivity contribution in [3.05, 3.63) is 0 Å². The Kier molecular flexibility index (Phi) is 2.90. The van der Waals surface area contributed by atoms with Crippen LogP contribution in [0.25, 0.3) is 0 Å². The molecule has 0 atom stereocenters. The number of rotatable bonds is 5. The van der Waals surface area contributed by atoms with E-state index in [1.165, 1.54) is 0 Å². The summed E-state index contributed by atoms with van der Waals surface area (Å²) in [4.78, 5) is 0. The average Bonchev–Trinajstić information content (AvgIpc) is 2.67. The van der Waals surface area contributed by atoms with Crippen molar-refractivity contribution in [1.82, 2.24) is 4.72 Å². The lowest BCUT2D eigenvalue weighted by atomic mass is 10.4. The second kappa shape index (κ2) is 3.54. The van der Waals surface area contributed by atoms with Gasteiger partial charge in [0.15, 0.2) is 0 Å². The maximum atomic E-state index is 11.1. The van der Waals surface area contributed by atoms with Gasteiger partial charge in [0, 0.05) is 6.04 Å². The maximum Gasteiger partial charge on any atom is 0.211 e. The molecule has 4 heteroatoms. The van der Waals surface area contributed by atoms with E-state index < -0.39 is 10.0 Å². The summed E-state index contributed by atoms with van der Waals surface area (Å²) in [6, 6.07) is 0.261. The number of nitrogens with one attached hydrogen (secondary N) is 1. The lowest BCUT2D eigenvalue weighted by Crippen LogP contribution is -2.28. The van der Waals surface area contributed by atoms with Crippen LogP contribution in [-0.2, 0) is 10.0 Å². The minimum absolute atomic E-state index is 0.261. The van der Waals surface area contributed by atoms with Crippen molar-refractivity contribution in [3.8, 4) is 0 Å². The summed E-state index contributed by atoms with van der Waals surface area (Å²) in [6.45, 7) is 1.99. The molecule has 1 rings (SSSR count). The first-order chi connectivity index (χ1) is 5.14. The summed E-state index contributed by atoms with van der Waals surface area (Å²) in [6.07, 6.45) is 3.74. The highest BCUT2D eigenvalue weighted by Gasteiger charge is 2.26. The van der Waals surface area contributed by atoms with Gasteiger partial charge in [-0.15, -0.1) is 0 Å². The lowest BCUT2D eigenvalue weighted by molar-refractivity contribution is 0.577. The first-order valence-corrected chi connectivity index (χ1v) is 5.79. The van der Waals surface area contributed by atoms with Gasteiger partial charge in [-0.1, -0.05) is 13.3 Å². The highest BCUT2D eigenvalue weighted by Crippen LogP contribution is 2.19. The Morgan fingerprint density at radius 3 is 2.55 bits per heavy atom. The molecule has 11 heavy (non-hydrogen) atoms. The minimum atomic E-state index is -2.93. The van der Waals surface area contributed by atoms with Crippen molar-refractivity contribution in [3.63, 3.8) is 0 Å². The molecule has 66 valence electrons. The molecule has 0 aromatic heterocycles. The molecular weight excluding hydrogens is 162 g/mol. The Labute approximate surface area is 68.2 Å². The lowest BCUT2D eigenvalue weighted by Gasteiger charge is -2.02. The molecule has 1 N–H and O–H groups in total. The molecule has 0 aromatic rings. The van der Waals surface area contributed by atoms with Gasteiger partial charge in [0.25, 0.3) is 0 Å². The molecule has 0 saturated heterocycles. The number of sulfonamides is 1. The Morgan fingerprint density at radius 1 is 1.45 bits per heavy atom. The Morgan fingerprint density at radius 2 is 2.09 bits per heavy atom. The molecular formula is C7H15NO2S. The second-order valence-corrected chi connectivity index (χ2v) is 4.94. The first kappa shape index (κ1) is 9.00. The van der Waals surface area contributed by atoms with E-state index in [1.807, 2.05) is 6.92 Å². The van der Waals surface area contributed by atoms with Gasteiger partial charge in [-0.2, -0.15) is 0 Å². The fraction of sp³-hybridized carbons (Fsp3) is 1.00. The normalized spacial score (nSPS) is 18.6. The standard InChI is InChI=1S/C7H15NO2S/c1-2-3-6-11(9,10)8-7-4-5-7/h7-8H,2-6H2,1H3. The van der Waals surface area contributed by atoms with Crippen molar-refractivity contribution in [1.29, 1.82) is 0 Å². The van der Waals surface area contributed by atoms with Crippen molar-refractivity contribution < 1.29 is 8.42 Å². The van der Waals surface area contributed by atoms with E-state index in [0.717, 1.165) is 25.7 Å². The Balaban J connectivity index is 2.26. The summed E-state index contributed by atoms with van der Waals surface area (Å²) in [5, 5.41) is 0. The molecule has 0 amide bonds. The summed E-state index contributed by atoms with van der Waals surface area (Å²) >= 11 is 0. The molecule has 1 saturated carbocycles. The molecule has 0 bridgehead atoms. The number of hydrogen-bond acceptors (Lipinski definition) is 2. The molecule has 1 fully saturated rings. The molecule has 0 aliphatic heterocycles. The van der Waals surface area contributed by atoms with Crippen LogP contribution in [0.1, 0.15) is 32.6 Å². The summed E-state index contributed by atoms with van der Waals surface area (Å²) < 4.78 is 24.9. The SMILES string of the molecule is CCCCS(=O)(=O)NC1CC1. The van der Waals surface area contributed by atoms with E-state index in [0.29, 0.717) is 5.75 Å². The molecule has 0 aromatic carbocycles. The maximum absolute atomic E-state index is 11.1. The molecule has 0 radical (unpaired) electrons. The van der Waals surface area contributed by atoms with E-state index >= 15 is 0 Å². The van der Waals surface area contributed by atoms with Crippen molar-refractivity contribution in [2.75, 3.05) is 5.75 Å². The Hall–Kier alpha value is -0.0900. The quantitative estimate of drug-likeness (QED) is 0.677. The third-order valence-electron chi connectivity index (χ3n) is 1.69. The Bertz CT molecular complexity index is 206. The van der Waals surface area contributed by atoms with E-state index in [1.54, 1.807) is 0 Å². The van der Waals surface area contributed by atoms with Gasteiger partial charge in [-0.05, 0) is 19.3 Å². The second-order valence-electron chi connectivity index (χ2n) is 3.06. The minimum Gasteiger partial charge on any atom is -0.212 e. The summed E-state index contributed by atoms with van der Waals surface area (Å²) in [7, 11) is -2.93. The van der Waals surface area contributed by atoms with Crippen LogP contribution < -0.4 is 4.72 Å². The van der Waals surface area contributed by atoms with Gasteiger partial charge >= 0.3 is 0 Å². The van der Waals surface area contributed by atoms with E-state index in [9.17, 15) is 8.42 Å². The molecule has 0 unspecified atom stereocenters. The fourth-order valence-electron chi connectivity index (χ4n) is 0.848. The average molecular weight is 177 g/mol. The monoisotopic (exact) mass is 177 g/mol. The van der Waals surface area contributed by atoms with E-state index in [2.05, 4.69) is 4.72 Å². The van der Waals surface area contributed by atoms with Crippen LogP contribution in [0.2, 0.25) is 0 Å². The largest absolute Gasteiger partial charge is 0.212 e. The van der Waals surface area contributed by atoms with Crippen LogP contribution in [0.3, 0.4) is 0 Å². The third-order valence-corrected chi connectivity index (χ3v) is 3.21. The predicted octanol–water partition coefficient (Wildman–Crippen LogP) is 0.868. The van der Waals surface area contributed by atoms with Gasteiger partial charge in [-0.25, -0.2) is 13.1 Å². The number of unbranched alkanes of at least 4 members (excludes halogenated alkanes) is 1. The first-order valence-electron chi connectivity index (χ1n) is 4.14. The van der Waals surface area contributed by atoms with E-state index in [-0.39, 0.29) is 6.04 Å². The zero-order valence-corrected chi connectivity index (χ0v) is 7.65. The van der Waals surface area contributed by atoms with Crippen molar-refractivity contribution in [2.45, 2.75) is 38.6 Å². The van der Waals surface area contributed by atoms with Gasteiger partial charge < -0.3 is 0 Å². The highest BCUT2D eigenvalue weighted by atomic mass is 32.2. The van der Waals surface area contributed by atoms with Crippen LogP contribution in [0.4, 0.5) is 0 Å². The van der Waals surface area contributed by atoms with Crippen LogP contribution in [0, 0.1) is 0 Å². The summed E-state index contributed by atoms with van der Waals surface area (Å²) in [5.74, 6) is 0.292. The van der Waals surface area contributed by atoms with Crippen LogP contribution >= 0.6 is 0 Å². The molecule has 1 aliphatic rings. The van der Waals surface area contributed by atoms with Crippen LogP contribution in [0.15, 0.2) is 0 Å². The van der Waals surface area contributed by atoms with Crippen LogP contribution in [-0.4, -0.2) is 20.2 Å². The zero-order chi connectivity index (χ0) is 8.32. The number of hydrogen-bond donors (Lipinski definition) is 1. The van der Waals surface area contributed by atoms with Crippen LogP contribution in [0.5, 0.6) is 0 Å². The van der Waals surface area contributed by atoms with Gasteiger partial charge in [-0.3, -0.25) is 0 Å². The van der Waals surface area contributed by atoms with Crippen molar-refractivity contribution >= 4 is 10.0 Å². The zero-order valence-electron chi connectivity index (χ0n) is 6.84. The van der Waals surface area contributed by atoms with Gasteiger partial charge in [0.1, 0.15) is 0 Å². The summed E-state index contributed by atoms with van der Waals surface area (Å²) in [5.41, 5.74) is 0. The fourth-order valence-corrected chi connectivity index (χ4v) is 2.38. The smallest absolute Gasteiger partial charge is 0.211 e. The third kappa shape index (κ3) is 3.72. The van der Waals surface area contributed by atoms with Gasteiger partial charge in [0.05, 0.1) is 5.75 Å². The molecule has 1 aliphatic carbocycles. The van der Waals surface area contributed by atoms with Gasteiger partial charge in [0.2, 0.25) is 10.0 Å². The molecule has 0 spiro atoms. The predicted molar refractivity (Wildman–Crippen MR) is 44.9 cm³/mol. The molecule has 0 heterocycles.